The van der Waals surface area contributed by atoms with Crippen LogP contribution in [0, 0.1) is 11.8 Å². The van der Waals surface area contributed by atoms with Crippen molar-refractivity contribution in [3.8, 4) is 0 Å². The largest absolute Gasteiger partial charge is 0.466 e. The Hall–Kier alpha value is -2.25. The van der Waals surface area contributed by atoms with Crippen LogP contribution in [0.25, 0.3) is 0 Å². The molecular formula is C23H24Cl2F3NO3. The second-order valence-electron chi connectivity index (χ2n) is 7.52. The van der Waals surface area contributed by atoms with Gasteiger partial charge in [0, 0.05) is 5.02 Å². The van der Waals surface area contributed by atoms with E-state index in [1.165, 1.54) is 30.3 Å². The van der Waals surface area contributed by atoms with E-state index < -0.39 is 29.8 Å². The van der Waals surface area contributed by atoms with Crippen LogP contribution in [-0.2, 0) is 20.7 Å². The number of amides is 1. The first-order valence-corrected chi connectivity index (χ1v) is 10.8. The molecule has 0 aliphatic carbocycles. The number of hydrogen-bond acceptors (Lipinski definition) is 3. The molecule has 0 saturated heterocycles. The number of esters is 1. The molecule has 0 spiro atoms. The molecule has 1 N–H and O–H groups in total. The van der Waals surface area contributed by atoms with Gasteiger partial charge in [-0.15, -0.1) is 0 Å². The summed E-state index contributed by atoms with van der Waals surface area (Å²) >= 11 is 12.0. The molecule has 0 fully saturated rings. The highest BCUT2D eigenvalue weighted by atomic mass is 35.5. The van der Waals surface area contributed by atoms with E-state index in [-0.39, 0.29) is 28.8 Å². The van der Waals surface area contributed by atoms with E-state index in [1.807, 2.05) is 0 Å². The standard InChI is InChI=1S/C23H24Cl2F3NO3/c1-4-32-22(31)13(2)11-15-5-10-18(25)19(12-15)29-21(30)20(14(3)23(26,27)28)16-6-8-17(24)9-7-16/h5-10,12-14,20H,4,11H2,1-3H3,(H,29,30)/t13-,14-,20+/m1/s1. The Kier molecular flexibility index (Phi) is 8.98. The molecule has 4 nitrogen and oxygen atoms in total. The summed E-state index contributed by atoms with van der Waals surface area (Å²) in [5.41, 5.74) is 1.02. The zero-order chi connectivity index (χ0) is 24.1. The zero-order valence-electron chi connectivity index (χ0n) is 17.8. The molecule has 0 bridgehead atoms. The minimum Gasteiger partial charge on any atom is -0.466 e. The fraction of sp³-hybridized carbons (Fsp3) is 0.391. The van der Waals surface area contributed by atoms with Crippen LogP contribution in [-0.4, -0.2) is 24.7 Å². The second kappa shape index (κ2) is 11.1. The Morgan fingerprint density at radius 3 is 2.25 bits per heavy atom. The average Bonchev–Trinajstić information content (AvgIpc) is 2.71. The van der Waals surface area contributed by atoms with E-state index in [9.17, 15) is 22.8 Å². The fourth-order valence-electron chi connectivity index (χ4n) is 3.25. The SMILES string of the molecule is CCOC(=O)[C@H](C)Cc1ccc(Cl)c(NC(=O)[C@H](c2ccc(Cl)cc2)[C@@H](C)C(F)(F)F)c1. The molecule has 2 aromatic carbocycles. The number of alkyl halides is 3. The number of halogens is 5. The molecule has 0 radical (unpaired) electrons. The molecule has 0 aromatic heterocycles. The van der Waals surface area contributed by atoms with Gasteiger partial charge in [-0.3, -0.25) is 9.59 Å². The lowest BCUT2D eigenvalue weighted by atomic mass is 9.86. The van der Waals surface area contributed by atoms with Crippen LogP contribution in [0.4, 0.5) is 18.9 Å². The van der Waals surface area contributed by atoms with Crippen LogP contribution in [0.3, 0.4) is 0 Å². The first kappa shape index (κ1) is 26.0. The first-order valence-electron chi connectivity index (χ1n) is 10.0. The summed E-state index contributed by atoms with van der Waals surface area (Å²) in [6.45, 7) is 4.62. The fourth-order valence-corrected chi connectivity index (χ4v) is 3.54. The minimum atomic E-state index is -4.59. The van der Waals surface area contributed by atoms with Crippen LogP contribution in [0.1, 0.15) is 37.8 Å². The highest BCUT2D eigenvalue weighted by Gasteiger charge is 2.45. The third-order valence-electron chi connectivity index (χ3n) is 5.05. The summed E-state index contributed by atoms with van der Waals surface area (Å²) in [7, 11) is 0. The van der Waals surface area contributed by atoms with Crippen molar-refractivity contribution < 1.29 is 27.5 Å². The van der Waals surface area contributed by atoms with Gasteiger partial charge in [0.15, 0.2) is 0 Å². The number of carbonyl (C=O) groups excluding carboxylic acids is 2. The van der Waals surface area contributed by atoms with Gasteiger partial charge in [0.25, 0.3) is 0 Å². The van der Waals surface area contributed by atoms with Gasteiger partial charge >= 0.3 is 12.1 Å². The van der Waals surface area contributed by atoms with Gasteiger partial charge in [0.05, 0.1) is 35.1 Å². The summed E-state index contributed by atoms with van der Waals surface area (Å²) in [4.78, 5) is 24.9. The maximum atomic E-state index is 13.5. The molecule has 1 amide bonds. The normalized spacial score (nSPS) is 14.4. The number of rotatable bonds is 8. The second-order valence-corrected chi connectivity index (χ2v) is 8.36. The van der Waals surface area contributed by atoms with Gasteiger partial charge < -0.3 is 10.1 Å². The monoisotopic (exact) mass is 489 g/mol. The highest BCUT2D eigenvalue weighted by Crippen LogP contribution is 2.39. The number of benzene rings is 2. The van der Waals surface area contributed by atoms with Crippen molar-refractivity contribution in [1.82, 2.24) is 0 Å². The van der Waals surface area contributed by atoms with E-state index in [1.54, 1.807) is 26.0 Å². The summed E-state index contributed by atoms with van der Waals surface area (Å²) in [6, 6.07) is 10.4. The number of hydrogen-bond donors (Lipinski definition) is 1. The predicted octanol–water partition coefficient (Wildman–Crippen LogP) is 6.66. The van der Waals surface area contributed by atoms with Crippen molar-refractivity contribution in [3.63, 3.8) is 0 Å². The Morgan fingerprint density at radius 1 is 1.06 bits per heavy atom. The highest BCUT2D eigenvalue weighted by molar-refractivity contribution is 6.33. The van der Waals surface area contributed by atoms with E-state index >= 15 is 0 Å². The molecule has 9 heteroatoms. The van der Waals surface area contributed by atoms with Crippen LogP contribution < -0.4 is 5.32 Å². The van der Waals surface area contributed by atoms with Crippen molar-refractivity contribution in [3.05, 3.63) is 63.6 Å². The third-order valence-corrected chi connectivity index (χ3v) is 5.63. The van der Waals surface area contributed by atoms with E-state index in [4.69, 9.17) is 27.9 Å². The van der Waals surface area contributed by atoms with Crippen molar-refractivity contribution in [1.29, 1.82) is 0 Å². The Bertz CT molecular complexity index is 948. The lowest BCUT2D eigenvalue weighted by molar-refractivity contribution is -0.178. The van der Waals surface area contributed by atoms with Gasteiger partial charge in [-0.1, -0.05) is 55.2 Å². The minimum absolute atomic E-state index is 0.165. The number of carbonyl (C=O) groups is 2. The molecule has 0 heterocycles. The molecule has 0 saturated carbocycles. The average molecular weight is 490 g/mol. The molecule has 174 valence electrons. The molecule has 3 atom stereocenters. The van der Waals surface area contributed by atoms with Crippen molar-refractivity contribution >= 4 is 40.8 Å². The van der Waals surface area contributed by atoms with Crippen molar-refractivity contribution in [2.45, 2.75) is 39.3 Å². The molecule has 32 heavy (non-hydrogen) atoms. The van der Waals surface area contributed by atoms with Gasteiger partial charge in [0.2, 0.25) is 5.91 Å². The third kappa shape index (κ3) is 6.87. The smallest absolute Gasteiger partial charge is 0.392 e. The van der Waals surface area contributed by atoms with Gasteiger partial charge in [-0.25, -0.2) is 0 Å². The van der Waals surface area contributed by atoms with Crippen LogP contribution in [0.15, 0.2) is 42.5 Å². The van der Waals surface area contributed by atoms with E-state index in [0.717, 1.165) is 6.92 Å². The van der Waals surface area contributed by atoms with Crippen LogP contribution in [0.2, 0.25) is 10.0 Å². The summed E-state index contributed by atoms with van der Waals surface area (Å²) < 4.78 is 45.5. The maximum Gasteiger partial charge on any atom is 0.392 e. The lowest BCUT2D eigenvalue weighted by Gasteiger charge is -2.26. The maximum absolute atomic E-state index is 13.5. The van der Waals surface area contributed by atoms with E-state index in [2.05, 4.69) is 5.32 Å². The molecule has 0 aliphatic heterocycles. The van der Waals surface area contributed by atoms with Gasteiger partial charge in [-0.05, 0) is 48.7 Å². The number of ether oxygens (including phenoxy) is 1. The predicted molar refractivity (Wildman–Crippen MR) is 119 cm³/mol. The zero-order valence-corrected chi connectivity index (χ0v) is 19.3. The van der Waals surface area contributed by atoms with E-state index in [0.29, 0.717) is 17.0 Å². The molecule has 0 aliphatic rings. The Labute approximate surface area is 195 Å². The summed E-state index contributed by atoms with van der Waals surface area (Å²) in [6.07, 6.45) is -4.28. The van der Waals surface area contributed by atoms with Crippen LogP contribution in [0.5, 0.6) is 0 Å². The topological polar surface area (TPSA) is 55.4 Å². The lowest BCUT2D eigenvalue weighted by Crippen LogP contribution is -2.34. The molecule has 0 unspecified atom stereocenters. The summed E-state index contributed by atoms with van der Waals surface area (Å²) in [5.74, 6) is -5.11. The molecular weight excluding hydrogens is 466 g/mol. The molecule has 2 rings (SSSR count). The first-order chi connectivity index (χ1) is 14.9. The van der Waals surface area contributed by atoms with Gasteiger partial charge in [-0.2, -0.15) is 13.2 Å². The Balaban J connectivity index is 2.30. The molecule has 2 aromatic rings. The van der Waals surface area contributed by atoms with Crippen LogP contribution >= 0.6 is 23.2 Å². The summed E-state index contributed by atoms with van der Waals surface area (Å²) in [5, 5.41) is 3.04. The van der Waals surface area contributed by atoms with Crippen molar-refractivity contribution in [2.75, 3.05) is 11.9 Å². The van der Waals surface area contributed by atoms with Gasteiger partial charge in [0.1, 0.15) is 0 Å². The Morgan fingerprint density at radius 2 is 1.69 bits per heavy atom. The quantitative estimate of drug-likeness (QED) is 0.422. The number of nitrogens with one attached hydrogen (secondary N) is 1. The van der Waals surface area contributed by atoms with Crippen molar-refractivity contribution in [2.24, 2.45) is 11.8 Å². The number of anilines is 1.